The topological polar surface area (TPSA) is 499 Å². The summed E-state index contributed by atoms with van der Waals surface area (Å²) in [4.78, 5) is 166. The van der Waals surface area contributed by atoms with E-state index in [1.54, 1.807) is 50.4 Å². The molecule has 0 aromatic heterocycles. The Bertz CT molecular complexity index is 2530. The Morgan fingerprint density at radius 1 is 0.709 bits per heavy atom. The number of hydrogen-bond donors (Lipinski definition) is 16. The van der Waals surface area contributed by atoms with Crippen LogP contribution in [0.4, 0.5) is 0 Å². The third kappa shape index (κ3) is 26.0. The van der Waals surface area contributed by atoms with Crippen LogP contribution in [-0.2, 0) is 64.0 Å². The molecule has 1 saturated heterocycles. The van der Waals surface area contributed by atoms with Crippen LogP contribution < -0.4 is 76.5 Å². The highest BCUT2D eigenvalue weighted by Gasteiger charge is 2.39. The Morgan fingerprint density at radius 3 is 1.80 bits per heavy atom. The fraction of sp³-hybridized carbons (Fsp3) is 0.611. The van der Waals surface area contributed by atoms with Gasteiger partial charge in [-0.25, -0.2) is 0 Å². The van der Waals surface area contributed by atoms with Crippen molar-refractivity contribution in [2.45, 2.75) is 159 Å². The van der Waals surface area contributed by atoms with Gasteiger partial charge in [-0.15, -0.1) is 6.58 Å². The number of carbonyl (C=O) groups is 12. The molecule has 1 aromatic rings. The fourth-order valence-corrected chi connectivity index (χ4v) is 9.88. The molecule has 1 aliphatic rings. The number of primary amides is 2. The molecule has 1 heterocycles. The summed E-state index contributed by atoms with van der Waals surface area (Å²) in [5.41, 5.74) is 28.0. The molecule has 1 fully saturated rings. The smallest absolute Gasteiger partial charge is 0.245 e. The van der Waals surface area contributed by atoms with Crippen molar-refractivity contribution in [1.82, 2.24) is 52.8 Å². The summed E-state index contributed by atoms with van der Waals surface area (Å²) < 4.78 is 0. The van der Waals surface area contributed by atoms with E-state index in [9.17, 15) is 67.7 Å². The predicted octanol–water partition coefficient (Wildman–Crippen LogP) is -5.54. The Balaban J connectivity index is 2.35. The first kappa shape index (κ1) is 74.6. The fourth-order valence-electron chi connectivity index (χ4n) is 8.64. The number of carbonyl (C=O) groups excluding carboxylic acids is 12. The van der Waals surface area contributed by atoms with Gasteiger partial charge < -0.3 is 91.6 Å². The van der Waals surface area contributed by atoms with Crippen molar-refractivity contribution in [1.29, 1.82) is 0 Å². The first-order valence-corrected chi connectivity index (χ1v) is 30.6. The van der Waals surface area contributed by atoms with Crippen LogP contribution in [0.3, 0.4) is 0 Å². The molecule has 21 N–H and O–H groups in total. The quantitative estimate of drug-likeness (QED) is 0.0127. The minimum atomic E-state index is -1.82. The van der Waals surface area contributed by atoms with Crippen molar-refractivity contribution in [2.75, 3.05) is 43.1 Å². The summed E-state index contributed by atoms with van der Waals surface area (Å²) >= 11 is 2.50. The van der Waals surface area contributed by atoms with E-state index in [0.717, 1.165) is 25.6 Å². The summed E-state index contributed by atoms with van der Waals surface area (Å²) in [6.45, 7) is 10.4. The Labute approximate surface area is 508 Å². The van der Waals surface area contributed by atoms with Gasteiger partial charge in [0.2, 0.25) is 70.9 Å². The molecule has 0 saturated carbocycles. The Kier molecular flexibility index (Phi) is 33.4. The molecule has 0 radical (unpaired) electrons. The molecule has 480 valence electrons. The van der Waals surface area contributed by atoms with Gasteiger partial charge >= 0.3 is 0 Å². The highest BCUT2D eigenvalue weighted by Crippen LogP contribution is 2.19. The van der Waals surface area contributed by atoms with Crippen molar-refractivity contribution in [3.63, 3.8) is 0 Å². The number of guanidine groups is 1. The monoisotopic (exact) mass is 1250 g/mol. The molecule has 32 heteroatoms. The lowest BCUT2D eigenvalue weighted by molar-refractivity contribution is -0.140. The molecule has 86 heavy (non-hydrogen) atoms. The molecule has 0 aliphatic carbocycles. The Morgan fingerprint density at radius 2 is 1.26 bits per heavy atom. The number of aliphatic hydroxyl groups excluding tert-OH is 2. The lowest BCUT2D eigenvalue weighted by Crippen LogP contribution is -2.63. The van der Waals surface area contributed by atoms with Crippen molar-refractivity contribution < 1.29 is 67.7 Å². The molecule has 2 rings (SSSR count). The van der Waals surface area contributed by atoms with E-state index in [1.165, 1.54) is 29.7 Å². The van der Waals surface area contributed by atoms with Crippen LogP contribution in [0.25, 0.3) is 0 Å². The molecule has 12 amide bonds. The maximum absolute atomic E-state index is 14.3. The van der Waals surface area contributed by atoms with Gasteiger partial charge in [-0.1, -0.05) is 56.7 Å². The second kappa shape index (κ2) is 38.5. The van der Waals surface area contributed by atoms with Crippen LogP contribution in [0.1, 0.15) is 85.1 Å². The van der Waals surface area contributed by atoms with E-state index < -0.39 is 162 Å². The number of nitrogens with two attached hydrogens (primary N) is 5. The third-order valence-electron chi connectivity index (χ3n) is 13.5. The number of aliphatic imine (C=N–C) groups is 1. The maximum Gasteiger partial charge on any atom is 0.245 e. The van der Waals surface area contributed by atoms with Gasteiger partial charge in [-0.05, 0) is 76.4 Å². The Hall–Kier alpha value is -7.55. The summed E-state index contributed by atoms with van der Waals surface area (Å²) in [7, 11) is 0. The molecular formula is C54H88N16O14S2. The number of thioether (sulfide) groups is 2. The normalized spacial score (nSPS) is 17.0. The summed E-state index contributed by atoms with van der Waals surface area (Å²) in [5.74, 6) is -10.9. The molecule has 13 atom stereocenters. The summed E-state index contributed by atoms with van der Waals surface area (Å²) in [6.07, 6.45) is 0.651. The number of amides is 12. The SMILES string of the molecule is C=CCSCC(NC(=O)C(NC(=O)CNC(=O)C(CCSC)NC(=O)C(CCCN=C(N)N)NC(=O)C(Cc1ccccc1)NC(=O)C1CCCN1C(=O)C(C)N)C(C)CC)C(=O)NC(C(=O)NC(C(=O)NC(CC(N)=O)C(N)=O)C(C)O)C(C)O. The van der Waals surface area contributed by atoms with Gasteiger partial charge in [0.1, 0.15) is 54.4 Å². The van der Waals surface area contributed by atoms with Crippen molar-refractivity contribution in [3.05, 3.63) is 48.6 Å². The summed E-state index contributed by atoms with van der Waals surface area (Å²) in [5, 5.41) is 43.6. The largest absolute Gasteiger partial charge is 0.391 e. The van der Waals surface area contributed by atoms with E-state index in [0.29, 0.717) is 42.9 Å². The second-order valence-corrected chi connectivity index (χ2v) is 22.8. The number of nitrogens with one attached hydrogen (secondary N) is 9. The highest BCUT2D eigenvalue weighted by atomic mass is 32.2. The second-order valence-electron chi connectivity index (χ2n) is 20.7. The van der Waals surface area contributed by atoms with E-state index in [1.807, 2.05) is 0 Å². The minimum absolute atomic E-state index is 0.00599. The van der Waals surface area contributed by atoms with Crippen molar-refractivity contribution in [3.8, 4) is 0 Å². The van der Waals surface area contributed by atoms with Gasteiger partial charge in [0.05, 0.1) is 31.2 Å². The van der Waals surface area contributed by atoms with E-state index in [4.69, 9.17) is 28.7 Å². The first-order chi connectivity index (χ1) is 40.6. The van der Waals surface area contributed by atoms with Gasteiger partial charge in [0, 0.05) is 31.0 Å². The average molecular weight is 1250 g/mol. The van der Waals surface area contributed by atoms with Crippen molar-refractivity contribution in [2.24, 2.45) is 39.6 Å². The lowest BCUT2D eigenvalue weighted by Gasteiger charge is -2.29. The third-order valence-corrected chi connectivity index (χ3v) is 15.2. The lowest BCUT2D eigenvalue weighted by atomic mass is 9.98. The molecule has 1 aliphatic heterocycles. The maximum atomic E-state index is 14.3. The molecular weight excluding hydrogens is 1160 g/mol. The molecule has 0 bridgehead atoms. The van der Waals surface area contributed by atoms with Gasteiger partial charge in [-0.3, -0.25) is 62.5 Å². The molecule has 1 aromatic carbocycles. The summed E-state index contributed by atoms with van der Waals surface area (Å²) in [6, 6.07) is -4.84. The number of nitrogens with zero attached hydrogens (tertiary/aromatic N) is 2. The highest BCUT2D eigenvalue weighted by molar-refractivity contribution is 7.99. The number of likely N-dealkylation sites (tertiary alicyclic amines) is 1. The van der Waals surface area contributed by atoms with Crippen LogP contribution >= 0.6 is 23.5 Å². The standard InChI is InChI=1S/C54H88N16O14S2/c1-8-22-86-27-37(48(79)68-43(31(6)72)52(83)69-42(30(5)71)51(82)64-35(44(57)75)25-39(56)73)66-50(81)41(28(3)9-2)67-40(74)26-61-45(76)34(19-23-85-7)63-46(77)33(17-13-20-60-54(58)59)62-47(78)36(24-32-15-11-10-12-16-32)65-49(80)38-18-14-21-70(38)53(84)29(4)55/h8,10-12,15-16,28-31,33-38,41-43,71-72H,1,9,13-14,17-27,55H2,2-7H3,(H2,56,73)(H2,57,75)(H,61,76)(H,62,78)(H,63,77)(H,64,82)(H,65,80)(H,66,81)(H,67,74)(H,68,79)(H,69,83)(H4,58,59,60). The van der Waals surface area contributed by atoms with E-state index in [-0.39, 0.29) is 43.9 Å². The van der Waals surface area contributed by atoms with Crippen LogP contribution in [0, 0.1) is 5.92 Å². The van der Waals surface area contributed by atoms with Crippen LogP contribution in [0.2, 0.25) is 0 Å². The average Bonchev–Trinajstić information content (AvgIpc) is 3.40. The molecule has 0 spiro atoms. The van der Waals surface area contributed by atoms with Gasteiger partial charge in [0.25, 0.3) is 0 Å². The van der Waals surface area contributed by atoms with E-state index in [2.05, 4.69) is 59.4 Å². The van der Waals surface area contributed by atoms with E-state index >= 15 is 0 Å². The van der Waals surface area contributed by atoms with Crippen LogP contribution in [0.5, 0.6) is 0 Å². The van der Waals surface area contributed by atoms with Crippen molar-refractivity contribution >= 4 is 100 Å². The molecule has 30 nitrogen and oxygen atoms in total. The minimum Gasteiger partial charge on any atom is -0.391 e. The number of rotatable bonds is 39. The first-order valence-electron chi connectivity index (χ1n) is 28.0. The predicted molar refractivity (Wildman–Crippen MR) is 323 cm³/mol. The van der Waals surface area contributed by atoms with Gasteiger partial charge in [0.15, 0.2) is 5.96 Å². The zero-order valence-electron chi connectivity index (χ0n) is 49.5. The van der Waals surface area contributed by atoms with Gasteiger partial charge in [-0.2, -0.15) is 23.5 Å². The number of hydrogen-bond acceptors (Lipinski definition) is 18. The van der Waals surface area contributed by atoms with Crippen LogP contribution in [0.15, 0.2) is 48.0 Å². The van der Waals surface area contributed by atoms with Crippen LogP contribution in [-0.4, -0.2) is 208 Å². The number of aliphatic hydroxyl groups is 2. The zero-order valence-corrected chi connectivity index (χ0v) is 51.1. The number of benzene rings is 1. The molecule has 13 unspecified atom stereocenters. The zero-order chi connectivity index (χ0) is 64.8.